The summed E-state index contributed by atoms with van der Waals surface area (Å²) in [6.45, 7) is 3.15. The lowest BCUT2D eigenvalue weighted by Gasteiger charge is -2.12. The van der Waals surface area contributed by atoms with E-state index in [2.05, 4.69) is 0 Å². The highest BCUT2D eigenvalue weighted by molar-refractivity contribution is 5.21. The molecule has 2 aromatic rings. The van der Waals surface area contributed by atoms with Gasteiger partial charge in [-0.3, -0.25) is 4.79 Å². The Morgan fingerprint density at radius 2 is 1.89 bits per heavy atom. The molecule has 2 rings (SSSR count). The van der Waals surface area contributed by atoms with Gasteiger partial charge >= 0.3 is 0 Å². The maximum Gasteiger partial charge on any atom is 0.255 e. The minimum absolute atomic E-state index is 0.0286. The molecule has 1 aromatic carbocycles. The lowest BCUT2D eigenvalue weighted by Crippen LogP contribution is -2.28. The second-order valence-electron chi connectivity index (χ2n) is 4.32. The molecule has 100 valence electrons. The molecule has 0 spiro atoms. The van der Waals surface area contributed by atoms with Crippen LogP contribution in [0.5, 0.6) is 5.75 Å². The zero-order chi connectivity index (χ0) is 13.7. The molecule has 1 aromatic heterocycles. The molecule has 0 unspecified atom stereocenters. The number of ether oxygens (including phenoxy) is 1. The average Bonchev–Trinajstić information content (AvgIpc) is 2.44. The van der Waals surface area contributed by atoms with Crippen molar-refractivity contribution in [1.82, 2.24) is 4.57 Å². The summed E-state index contributed by atoms with van der Waals surface area (Å²) >= 11 is 0. The molecule has 0 radical (unpaired) electrons. The van der Waals surface area contributed by atoms with Gasteiger partial charge < -0.3 is 15.0 Å². The largest absolute Gasteiger partial charge is 0.492 e. The molecule has 0 aliphatic carbocycles. The number of nitrogens with two attached hydrogens (primary N) is 1. The van der Waals surface area contributed by atoms with Crippen LogP contribution in [0, 0.1) is 6.92 Å². The van der Waals surface area contributed by atoms with Gasteiger partial charge in [0.2, 0.25) is 0 Å². The Morgan fingerprint density at radius 1 is 1.16 bits per heavy atom. The number of aryl methyl sites for hydroxylation is 1. The van der Waals surface area contributed by atoms with Crippen LogP contribution in [0.25, 0.3) is 0 Å². The fourth-order valence-electron chi connectivity index (χ4n) is 1.92. The maximum absolute atomic E-state index is 12.1. The Bertz CT molecular complexity index is 591. The topological polar surface area (TPSA) is 57.2 Å². The number of para-hydroxylation sites is 1. The highest BCUT2D eigenvalue weighted by Gasteiger charge is 2.05. The van der Waals surface area contributed by atoms with Gasteiger partial charge in [0.25, 0.3) is 5.56 Å². The summed E-state index contributed by atoms with van der Waals surface area (Å²) < 4.78 is 7.30. The molecule has 0 atom stereocenters. The lowest BCUT2D eigenvalue weighted by atomic mass is 10.2. The van der Waals surface area contributed by atoms with Crippen molar-refractivity contribution >= 4 is 0 Å². The zero-order valence-corrected chi connectivity index (χ0v) is 11.0. The third-order valence-electron chi connectivity index (χ3n) is 3.02. The van der Waals surface area contributed by atoms with Crippen molar-refractivity contribution in [3.63, 3.8) is 0 Å². The van der Waals surface area contributed by atoms with E-state index in [0.717, 1.165) is 11.4 Å². The third kappa shape index (κ3) is 3.23. The molecule has 0 saturated heterocycles. The van der Waals surface area contributed by atoms with Crippen LogP contribution in [0.15, 0.2) is 47.3 Å². The molecule has 1 heterocycles. The van der Waals surface area contributed by atoms with Crippen molar-refractivity contribution in [3.8, 4) is 5.75 Å². The fourth-order valence-corrected chi connectivity index (χ4v) is 1.92. The SMILES string of the molecule is Cc1ccc(CN)c(=O)n1CCOc1ccccc1. The van der Waals surface area contributed by atoms with Crippen LogP contribution >= 0.6 is 0 Å². The number of hydrogen-bond donors (Lipinski definition) is 1. The average molecular weight is 258 g/mol. The molecule has 0 fully saturated rings. The van der Waals surface area contributed by atoms with Crippen molar-refractivity contribution in [1.29, 1.82) is 0 Å². The standard InChI is InChI=1S/C15H18N2O2/c1-12-7-8-13(11-16)15(18)17(12)9-10-19-14-5-3-2-4-6-14/h2-8H,9-11,16H2,1H3. The summed E-state index contributed by atoms with van der Waals surface area (Å²) in [4.78, 5) is 12.1. The van der Waals surface area contributed by atoms with Crippen molar-refractivity contribution in [2.75, 3.05) is 6.61 Å². The highest BCUT2D eigenvalue weighted by atomic mass is 16.5. The Hall–Kier alpha value is -2.07. The summed E-state index contributed by atoms with van der Waals surface area (Å²) in [5.41, 5.74) is 7.06. The molecule has 19 heavy (non-hydrogen) atoms. The smallest absolute Gasteiger partial charge is 0.255 e. The Labute approximate surface area is 112 Å². The van der Waals surface area contributed by atoms with Crippen LogP contribution < -0.4 is 16.0 Å². The van der Waals surface area contributed by atoms with E-state index >= 15 is 0 Å². The van der Waals surface area contributed by atoms with Gasteiger partial charge in [0.1, 0.15) is 12.4 Å². The van der Waals surface area contributed by atoms with Crippen LogP contribution in [-0.2, 0) is 13.1 Å². The van der Waals surface area contributed by atoms with E-state index in [4.69, 9.17) is 10.5 Å². The lowest BCUT2D eigenvalue weighted by molar-refractivity contribution is 0.295. The maximum atomic E-state index is 12.1. The van der Waals surface area contributed by atoms with E-state index in [1.165, 1.54) is 0 Å². The zero-order valence-electron chi connectivity index (χ0n) is 11.0. The first-order valence-electron chi connectivity index (χ1n) is 6.29. The highest BCUT2D eigenvalue weighted by Crippen LogP contribution is 2.08. The Morgan fingerprint density at radius 3 is 2.58 bits per heavy atom. The number of hydrogen-bond acceptors (Lipinski definition) is 3. The first kappa shape index (κ1) is 13.4. The summed E-state index contributed by atoms with van der Waals surface area (Å²) in [5, 5.41) is 0. The second kappa shape index (κ2) is 6.20. The van der Waals surface area contributed by atoms with Crippen molar-refractivity contribution in [2.24, 2.45) is 5.73 Å². The molecule has 0 bridgehead atoms. The molecular formula is C15H18N2O2. The van der Waals surface area contributed by atoms with Crippen molar-refractivity contribution in [3.05, 3.63) is 64.1 Å². The van der Waals surface area contributed by atoms with Gasteiger partial charge in [-0.15, -0.1) is 0 Å². The first-order valence-corrected chi connectivity index (χ1v) is 6.29. The number of rotatable bonds is 5. The predicted octanol–water partition coefficient (Wildman–Crippen LogP) is 1.69. The fraction of sp³-hybridized carbons (Fsp3) is 0.267. The van der Waals surface area contributed by atoms with E-state index in [0.29, 0.717) is 18.7 Å². The second-order valence-corrected chi connectivity index (χ2v) is 4.32. The van der Waals surface area contributed by atoms with Crippen LogP contribution in [-0.4, -0.2) is 11.2 Å². The summed E-state index contributed by atoms with van der Waals surface area (Å²) in [5.74, 6) is 0.809. The quantitative estimate of drug-likeness (QED) is 0.888. The number of pyridine rings is 1. The number of benzene rings is 1. The normalized spacial score (nSPS) is 10.4. The van der Waals surface area contributed by atoms with Crippen LogP contribution in [0.3, 0.4) is 0 Å². The third-order valence-corrected chi connectivity index (χ3v) is 3.02. The molecule has 0 aliphatic heterocycles. The van der Waals surface area contributed by atoms with Gasteiger partial charge in [0.15, 0.2) is 0 Å². The van der Waals surface area contributed by atoms with E-state index in [1.807, 2.05) is 43.3 Å². The molecule has 4 nitrogen and oxygen atoms in total. The Balaban J connectivity index is 2.06. The van der Waals surface area contributed by atoms with Crippen LogP contribution in [0.2, 0.25) is 0 Å². The molecule has 4 heteroatoms. The number of aromatic nitrogens is 1. The summed E-state index contributed by atoms with van der Waals surface area (Å²) in [7, 11) is 0. The first-order chi connectivity index (χ1) is 9.22. The van der Waals surface area contributed by atoms with Gasteiger partial charge in [-0.05, 0) is 25.1 Å². The van der Waals surface area contributed by atoms with Crippen LogP contribution in [0.1, 0.15) is 11.3 Å². The monoisotopic (exact) mass is 258 g/mol. The van der Waals surface area contributed by atoms with E-state index in [1.54, 1.807) is 10.6 Å². The van der Waals surface area contributed by atoms with E-state index in [9.17, 15) is 4.79 Å². The minimum atomic E-state index is -0.0286. The molecule has 2 N–H and O–H groups in total. The van der Waals surface area contributed by atoms with Gasteiger partial charge in [-0.25, -0.2) is 0 Å². The molecule has 0 aliphatic rings. The molecule has 0 saturated carbocycles. The minimum Gasteiger partial charge on any atom is -0.492 e. The summed E-state index contributed by atoms with van der Waals surface area (Å²) in [6.07, 6.45) is 0. The molecular weight excluding hydrogens is 240 g/mol. The van der Waals surface area contributed by atoms with E-state index < -0.39 is 0 Å². The van der Waals surface area contributed by atoms with Crippen LogP contribution in [0.4, 0.5) is 0 Å². The van der Waals surface area contributed by atoms with E-state index in [-0.39, 0.29) is 12.1 Å². The van der Waals surface area contributed by atoms with Crippen molar-refractivity contribution < 1.29 is 4.74 Å². The van der Waals surface area contributed by atoms with Crippen molar-refractivity contribution in [2.45, 2.75) is 20.0 Å². The van der Waals surface area contributed by atoms with Gasteiger partial charge in [0.05, 0.1) is 6.54 Å². The van der Waals surface area contributed by atoms with Gasteiger partial charge in [-0.1, -0.05) is 24.3 Å². The number of nitrogens with zero attached hydrogens (tertiary/aromatic N) is 1. The Kier molecular flexibility index (Phi) is 4.36. The predicted molar refractivity (Wildman–Crippen MR) is 75.3 cm³/mol. The van der Waals surface area contributed by atoms with Gasteiger partial charge in [0, 0.05) is 17.8 Å². The summed E-state index contributed by atoms with van der Waals surface area (Å²) in [6, 6.07) is 13.3. The van der Waals surface area contributed by atoms with Gasteiger partial charge in [-0.2, -0.15) is 0 Å². The molecule has 0 amide bonds.